The molecule has 0 amide bonds. The monoisotopic (exact) mass is 379 g/mol. The zero-order valence-electron chi connectivity index (χ0n) is 14.5. The summed E-state index contributed by atoms with van der Waals surface area (Å²) in [6, 6.07) is 9.50. The number of aromatic nitrogens is 2. The first-order valence-corrected chi connectivity index (χ1v) is 8.28. The average Bonchev–Trinajstić information content (AvgIpc) is 2.69. The number of nitriles is 1. The molecule has 2 aromatic heterocycles. The van der Waals surface area contributed by atoms with Crippen molar-refractivity contribution in [1.82, 2.24) is 9.97 Å². The summed E-state index contributed by atoms with van der Waals surface area (Å²) in [7, 11) is 0. The lowest BCUT2D eigenvalue weighted by Crippen LogP contribution is -2.29. The van der Waals surface area contributed by atoms with Gasteiger partial charge < -0.3 is 9.72 Å². The third kappa shape index (κ3) is 3.94. The van der Waals surface area contributed by atoms with Gasteiger partial charge in [-0.3, -0.25) is 19.4 Å². The minimum atomic E-state index is -1.35. The number of aromatic amines is 1. The number of nitrogens with one attached hydrogen (secondary N) is 1. The number of nitrogens with zero attached hydrogens (tertiary/aromatic N) is 2. The quantitative estimate of drug-likeness (QED) is 0.498. The molecule has 0 bridgehead atoms. The molecule has 0 radical (unpaired) electrons. The van der Waals surface area contributed by atoms with Crippen molar-refractivity contribution >= 4 is 23.3 Å². The molecule has 0 spiro atoms. The Morgan fingerprint density at radius 2 is 2.07 bits per heavy atom. The molecule has 0 saturated carbocycles. The maximum absolute atomic E-state index is 13.0. The molecule has 0 saturated heterocycles. The summed E-state index contributed by atoms with van der Waals surface area (Å²) in [6.45, 7) is 0.0646. The third-order valence-corrected chi connectivity index (χ3v) is 4.15. The van der Waals surface area contributed by atoms with Gasteiger partial charge in [0.2, 0.25) is 11.2 Å². The lowest BCUT2D eigenvalue weighted by atomic mass is 10.0. The van der Waals surface area contributed by atoms with Gasteiger partial charge in [-0.25, -0.2) is 4.39 Å². The predicted molar refractivity (Wildman–Crippen MR) is 97.1 cm³/mol. The van der Waals surface area contributed by atoms with E-state index < -0.39 is 17.3 Å². The van der Waals surface area contributed by atoms with Crippen LogP contribution in [0.3, 0.4) is 0 Å². The molecule has 2 heterocycles. The molecule has 3 aromatic rings. The van der Waals surface area contributed by atoms with E-state index in [0.717, 1.165) is 11.1 Å². The minimum absolute atomic E-state index is 0.0514. The van der Waals surface area contributed by atoms with Crippen molar-refractivity contribution in [2.75, 3.05) is 0 Å². The van der Waals surface area contributed by atoms with Crippen LogP contribution in [-0.2, 0) is 16.0 Å². The summed E-state index contributed by atoms with van der Waals surface area (Å²) < 4.78 is 17.6. The van der Waals surface area contributed by atoms with Gasteiger partial charge in [0.1, 0.15) is 11.3 Å². The van der Waals surface area contributed by atoms with E-state index in [0.29, 0.717) is 11.9 Å². The number of fused-ring (bicyclic) bond motifs is 1. The maximum Gasteiger partial charge on any atom is 0.293 e. The second kappa shape index (κ2) is 8.22. The lowest BCUT2D eigenvalue weighted by molar-refractivity contribution is -0.131. The van der Waals surface area contributed by atoms with E-state index in [2.05, 4.69) is 14.7 Å². The molecular weight excluding hydrogens is 365 g/mol. The van der Waals surface area contributed by atoms with Crippen LogP contribution >= 0.6 is 0 Å². The Bertz CT molecular complexity index is 1130. The highest BCUT2D eigenvalue weighted by Crippen LogP contribution is 2.14. The zero-order valence-corrected chi connectivity index (χ0v) is 14.5. The van der Waals surface area contributed by atoms with Crippen molar-refractivity contribution in [3.05, 3.63) is 75.5 Å². The molecule has 140 valence electrons. The van der Waals surface area contributed by atoms with Crippen LogP contribution < -0.4 is 5.43 Å². The van der Waals surface area contributed by atoms with Crippen molar-refractivity contribution in [2.24, 2.45) is 0 Å². The summed E-state index contributed by atoms with van der Waals surface area (Å²) in [5, 5.41) is 8.75. The normalized spacial score (nSPS) is 11.6. The molecule has 0 fully saturated rings. The van der Waals surface area contributed by atoms with Crippen LogP contribution in [0.4, 0.5) is 4.39 Å². The number of pyridine rings is 2. The fourth-order valence-corrected chi connectivity index (χ4v) is 2.79. The average molecular weight is 379 g/mol. The number of rotatable bonds is 7. The van der Waals surface area contributed by atoms with Crippen molar-refractivity contribution in [2.45, 2.75) is 18.9 Å². The zero-order chi connectivity index (χ0) is 20.1. The molecular formula is C20H14FN3O4. The highest BCUT2D eigenvalue weighted by Gasteiger charge is 2.24. The Kier molecular flexibility index (Phi) is 5.56. The van der Waals surface area contributed by atoms with Crippen LogP contribution in [0.25, 0.3) is 11.0 Å². The highest BCUT2D eigenvalue weighted by molar-refractivity contribution is 6.01. The van der Waals surface area contributed by atoms with Crippen LogP contribution in [0.15, 0.2) is 47.5 Å². The summed E-state index contributed by atoms with van der Waals surface area (Å²) in [4.78, 5) is 42.5. The molecule has 1 N–H and O–H groups in total. The highest BCUT2D eigenvalue weighted by atomic mass is 19.1. The van der Waals surface area contributed by atoms with Crippen LogP contribution in [0.2, 0.25) is 0 Å². The third-order valence-electron chi connectivity index (χ3n) is 4.15. The van der Waals surface area contributed by atoms with E-state index in [9.17, 15) is 18.8 Å². The predicted octanol–water partition coefficient (Wildman–Crippen LogP) is 2.29. The number of carbonyl (C=O) groups excluding carboxylic acids is 2. The van der Waals surface area contributed by atoms with Crippen molar-refractivity contribution < 1.29 is 18.7 Å². The standard InChI is InChI=1S/C20H14FN3O4/c21-14-3-1-12(2-4-14)7-13-8-16-18(24-9-13)20(27)15(10-23-16)19(26)17(5-6-22)28-11-25/h1-4,8-11,17H,5,7H2,(H,23,27). The topological polar surface area (TPSA) is 113 Å². The van der Waals surface area contributed by atoms with Gasteiger partial charge in [0.25, 0.3) is 6.47 Å². The summed E-state index contributed by atoms with van der Waals surface area (Å²) in [6.07, 6.45) is 1.50. The van der Waals surface area contributed by atoms with Crippen LogP contribution in [0.1, 0.15) is 27.9 Å². The van der Waals surface area contributed by atoms with Crippen LogP contribution in [-0.4, -0.2) is 28.3 Å². The van der Waals surface area contributed by atoms with Gasteiger partial charge >= 0.3 is 0 Å². The first-order valence-electron chi connectivity index (χ1n) is 8.28. The summed E-state index contributed by atoms with van der Waals surface area (Å²) in [5.74, 6) is -1.09. The number of benzene rings is 1. The van der Waals surface area contributed by atoms with E-state index in [1.54, 1.807) is 24.3 Å². The Morgan fingerprint density at radius 1 is 1.32 bits per heavy atom. The van der Waals surface area contributed by atoms with Gasteiger partial charge in [-0.2, -0.15) is 5.26 Å². The van der Waals surface area contributed by atoms with Gasteiger partial charge in [-0.15, -0.1) is 0 Å². The van der Waals surface area contributed by atoms with Crippen LogP contribution in [0, 0.1) is 17.1 Å². The van der Waals surface area contributed by atoms with E-state index in [1.165, 1.54) is 24.5 Å². The maximum atomic E-state index is 13.0. The number of hydrogen-bond acceptors (Lipinski definition) is 6. The second-order valence-corrected chi connectivity index (χ2v) is 6.02. The first kappa shape index (κ1) is 18.9. The Balaban J connectivity index is 1.93. The minimum Gasteiger partial charge on any atom is -0.455 e. The molecule has 28 heavy (non-hydrogen) atoms. The number of H-pyrrole nitrogens is 1. The molecule has 1 atom stereocenters. The molecule has 1 unspecified atom stereocenters. The summed E-state index contributed by atoms with van der Waals surface area (Å²) >= 11 is 0. The molecule has 0 aliphatic rings. The molecule has 3 rings (SSSR count). The first-order chi connectivity index (χ1) is 13.5. The van der Waals surface area contributed by atoms with Gasteiger partial charge in [0, 0.05) is 12.4 Å². The van der Waals surface area contributed by atoms with Crippen molar-refractivity contribution in [3.63, 3.8) is 0 Å². The van der Waals surface area contributed by atoms with Gasteiger partial charge in [-0.1, -0.05) is 12.1 Å². The van der Waals surface area contributed by atoms with Crippen LogP contribution in [0.5, 0.6) is 0 Å². The van der Waals surface area contributed by atoms with Crippen molar-refractivity contribution in [1.29, 1.82) is 5.26 Å². The summed E-state index contributed by atoms with van der Waals surface area (Å²) in [5.41, 5.74) is 1.28. The lowest BCUT2D eigenvalue weighted by Gasteiger charge is -2.10. The Hall–Kier alpha value is -3.86. The van der Waals surface area contributed by atoms with Crippen molar-refractivity contribution in [3.8, 4) is 6.07 Å². The molecule has 7 nitrogen and oxygen atoms in total. The van der Waals surface area contributed by atoms with Gasteiger partial charge in [0.15, 0.2) is 6.10 Å². The molecule has 8 heteroatoms. The van der Waals surface area contributed by atoms with E-state index in [-0.39, 0.29) is 29.8 Å². The Morgan fingerprint density at radius 3 is 2.75 bits per heavy atom. The Labute approximate surface area is 158 Å². The van der Waals surface area contributed by atoms with Gasteiger partial charge in [0.05, 0.1) is 23.6 Å². The number of Topliss-reactive ketones (excluding diaryl/α,β-unsaturated/α-hetero) is 1. The van der Waals surface area contributed by atoms with Gasteiger partial charge in [-0.05, 0) is 35.7 Å². The number of ketones is 1. The fourth-order valence-electron chi connectivity index (χ4n) is 2.79. The number of halogens is 1. The smallest absolute Gasteiger partial charge is 0.293 e. The number of carbonyl (C=O) groups is 2. The van der Waals surface area contributed by atoms with E-state index in [4.69, 9.17) is 5.26 Å². The number of ether oxygens (including phenoxy) is 1. The second-order valence-electron chi connectivity index (χ2n) is 6.02. The molecule has 1 aromatic carbocycles. The number of hydrogen-bond donors (Lipinski definition) is 1. The molecule has 0 aliphatic carbocycles. The molecule has 0 aliphatic heterocycles. The SMILES string of the molecule is N#CCC(OC=O)C(=O)c1c[nH]c2cc(Cc3ccc(F)cc3)cnc2c1=O. The fraction of sp³-hybridized carbons (Fsp3) is 0.150. The van der Waals surface area contributed by atoms with E-state index >= 15 is 0 Å². The van der Waals surface area contributed by atoms with E-state index in [1.807, 2.05) is 0 Å². The largest absolute Gasteiger partial charge is 0.455 e.